The predicted molar refractivity (Wildman–Crippen MR) is 143 cm³/mol. The second-order valence-electron chi connectivity index (χ2n) is 9.23. The molecular weight excluding hydrogens is 534 g/mol. The van der Waals surface area contributed by atoms with Crippen molar-refractivity contribution in [3.05, 3.63) is 40.7 Å². The largest absolute Gasteiger partial charge is 0.382 e. The van der Waals surface area contributed by atoms with Crippen LogP contribution in [-0.4, -0.2) is 72.8 Å². The van der Waals surface area contributed by atoms with Crippen molar-refractivity contribution in [2.45, 2.75) is 43.0 Å². The average Bonchev–Trinajstić information content (AvgIpc) is 3.27. The highest BCUT2D eigenvalue weighted by atomic mass is 35.5. The van der Waals surface area contributed by atoms with E-state index < -0.39 is 21.5 Å². The summed E-state index contributed by atoms with van der Waals surface area (Å²) in [6, 6.07) is 6.07. The van der Waals surface area contributed by atoms with E-state index in [9.17, 15) is 18.0 Å². The van der Waals surface area contributed by atoms with E-state index in [2.05, 4.69) is 30.3 Å². The first-order valence-corrected chi connectivity index (χ1v) is 14.0. The summed E-state index contributed by atoms with van der Waals surface area (Å²) in [5.41, 5.74) is 11.0. The molecule has 1 aromatic carbocycles. The van der Waals surface area contributed by atoms with E-state index in [1.165, 1.54) is 12.1 Å². The van der Waals surface area contributed by atoms with Gasteiger partial charge in [0.05, 0.1) is 10.4 Å². The second kappa shape index (κ2) is 11.1. The van der Waals surface area contributed by atoms with Gasteiger partial charge in [-0.15, -0.1) is 0 Å². The van der Waals surface area contributed by atoms with Gasteiger partial charge in [0.2, 0.25) is 10.0 Å². The number of unbranched alkanes of at least 4 members (excludes halogenated alkanes) is 1. The Morgan fingerprint density at radius 3 is 2.66 bits per heavy atom. The molecule has 38 heavy (non-hydrogen) atoms. The highest BCUT2D eigenvalue weighted by molar-refractivity contribution is 7.89. The van der Waals surface area contributed by atoms with E-state index in [4.69, 9.17) is 23.1 Å². The van der Waals surface area contributed by atoms with Crippen molar-refractivity contribution in [2.75, 3.05) is 37.6 Å². The third kappa shape index (κ3) is 5.97. The average molecular weight is 564 g/mol. The summed E-state index contributed by atoms with van der Waals surface area (Å²) in [7, 11) is -3.69. The Morgan fingerprint density at radius 2 is 1.95 bits per heavy atom. The number of nitrogens with one attached hydrogen (secondary N) is 3. The number of nitrogen functional groups attached to an aromatic ring is 2. The van der Waals surface area contributed by atoms with Crippen molar-refractivity contribution in [2.24, 2.45) is 4.99 Å². The minimum atomic E-state index is -3.69. The minimum absolute atomic E-state index is 0.0628. The number of sulfonamides is 1. The molecule has 4 rings (SSSR count). The fraction of sp³-hybridized carbons (Fsp3) is 0.435. The molecular formula is C23H30ClN9O4S. The Balaban J connectivity index is 1.38. The first kappa shape index (κ1) is 27.5. The number of likely N-dealkylation sites (tertiary alicyclic amines) is 1. The van der Waals surface area contributed by atoms with Gasteiger partial charge < -0.3 is 27.0 Å². The normalized spacial score (nSPS) is 17.8. The van der Waals surface area contributed by atoms with E-state index in [1.54, 1.807) is 17.0 Å². The summed E-state index contributed by atoms with van der Waals surface area (Å²) in [6.07, 6.45) is 2.78. The fourth-order valence-electron chi connectivity index (χ4n) is 4.30. The summed E-state index contributed by atoms with van der Waals surface area (Å²) in [6.45, 7) is 3.70. The Bertz CT molecular complexity index is 1370. The summed E-state index contributed by atoms with van der Waals surface area (Å²) < 4.78 is 27.7. The quantitative estimate of drug-likeness (QED) is 0.299. The van der Waals surface area contributed by atoms with E-state index in [1.807, 2.05) is 6.92 Å². The van der Waals surface area contributed by atoms with Crippen molar-refractivity contribution >= 4 is 51.0 Å². The lowest BCUT2D eigenvalue weighted by atomic mass is 9.88. The first-order valence-electron chi connectivity index (χ1n) is 12.2. The third-order valence-corrected chi connectivity index (χ3v) is 8.26. The number of anilines is 2. The first-order chi connectivity index (χ1) is 18.0. The van der Waals surface area contributed by atoms with Crippen LogP contribution >= 0.6 is 11.6 Å². The van der Waals surface area contributed by atoms with Crippen molar-refractivity contribution in [3.63, 3.8) is 0 Å². The molecule has 0 saturated carbocycles. The number of rotatable bonds is 7. The van der Waals surface area contributed by atoms with Crippen LogP contribution in [0.25, 0.3) is 0 Å². The highest BCUT2D eigenvalue weighted by Gasteiger charge is 2.41. The molecule has 2 saturated heterocycles. The van der Waals surface area contributed by atoms with Gasteiger partial charge in [-0.25, -0.2) is 23.1 Å². The molecule has 3 heterocycles. The lowest BCUT2D eigenvalue weighted by Gasteiger charge is -2.38. The summed E-state index contributed by atoms with van der Waals surface area (Å²) in [5.74, 6) is -0.958. The van der Waals surface area contributed by atoms with Crippen LogP contribution in [0.5, 0.6) is 0 Å². The number of carbonyl (C=O) groups is 2. The number of hydrogen-bond acceptors (Lipinski definition) is 8. The van der Waals surface area contributed by atoms with Gasteiger partial charge in [0.15, 0.2) is 28.4 Å². The molecule has 0 radical (unpaired) electrons. The maximum atomic E-state index is 13.2. The fourth-order valence-corrected chi connectivity index (χ4v) is 5.54. The van der Waals surface area contributed by atoms with Gasteiger partial charge in [-0.2, -0.15) is 4.99 Å². The maximum Gasteiger partial charge on any atom is 0.302 e. The summed E-state index contributed by atoms with van der Waals surface area (Å²) >= 11 is 5.85. The van der Waals surface area contributed by atoms with Crippen LogP contribution in [0.15, 0.2) is 34.2 Å². The lowest BCUT2D eigenvalue weighted by molar-refractivity contribution is 0.0668. The molecule has 15 heteroatoms. The van der Waals surface area contributed by atoms with E-state index in [0.717, 1.165) is 12.8 Å². The van der Waals surface area contributed by atoms with Gasteiger partial charge in [0.25, 0.3) is 5.91 Å². The van der Waals surface area contributed by atoms with Gasteiger partial charge in [0.1, 0.15) is 0 Å². The number of carbonyl (C=O) groups excluding carboxylic acids is 2. The Kier molecular flexibility index (Phi) is 8.04. The SMILES string of the molecule is CCCCNS(=O)(=O)c1cccc(C(=O)N2CCC3(CC2)CN/C(=N\C(=O)c2nc(Cl)c(N)nc2N)N3)c1. The minimum Gasteiger partial charge on any atom is -0.382 e. The summed E-state index contributed by atoms with van der Waals surface area (Å²) in [5, 5.41) is 6.19. The molecule has 2 amide bonds. The predicted octanol–water partition coefficient (Wildman–Crippen LogP) is 0.737. The highest BCUT2D eigenvalue weighted by Crippen LogP contribution is 2.26. The second-order valence-corrected chi connectivity index (χ2v) is 11.4. The van der Waals surface area contributed by atoms with E-state index in [0.29, 0.717) is 44.6 Å². The smallest absolute Gasteiger partial charge is 0.302 e. The number of aromatic nitrogens is 2. The van der Waals surface area contributed by atoms with E-state index in [-0.39, 0.29) is 39.2 Å². The molecule has 0 unspecified atom stereocenters. The molecule has 2 aliphatic rings. The summed E-state index contributed by atoms with van der Waals surface area (Å²) in [4.78, 5) is 39.2. The van der Waals surface area contributed by atoms with Gasteiger partial charge in [-0.1, -0.05) is 31.0 Å². The van der Waals surface area contributed by atoms with Crippen LogP contribution in [0.4, 0.5) is 11.6 Å². The van der Waals surface area contributed by atoms with Crippen molar-refractivity contribution in [1.29, 1.82) is 0 Å². The number of piperidine rings is 1. The van der Waals surface area contributed by atoms with Crippen LogP contribution < -0.4 is 26.8 Å². The van der Waals surface area contributed by atoms with Crippen molar-refractivity contribution < 1.29 is 18.0 Å². The number of guanidine groups is 1. The monoisotopic (exact) mass is 563 g/mol. The molecule has 0 atom stereocenters. The molecule has 0 bridgehead atoms. The number of hydrogen-bond donors (Lipinski definition) is 5. The lowest BCUT2D eigenvalue weighted by Crippen LogP contribution is -2.53. The van der Waals surface area contributed by atoms with Crippen molar-refractivity contribution in [3.8, 4) is 0 Å². The number of benzene rings is 1. The molecule has 204 valence electrons. The number of amides is 2. The number of aliphatic imine (C=N–C) groups is 1. The number of halogens is 1. The Hall–Kier alpha value is -3.49. The Labute approximate surface area is 225 Å². The molecule has 0 aliphatic carbocycles. The van der Waals surface area contributed by atoms with E-state index >= 15 is 0 Å². The molecule has 1 aromatic heterocycles. The van der Waals surface area contributed by atoms with Crippen LogP contribution in [0.2, 0.25) is 5.15 Å². The molecule has 2 fully saturated rings. The Morgan fingerprint density at radius 1 is 1.21 bits per heavy atom. The van der Waals surface area contributed by atoms with Gasteiger partial charge in [0, 0.05) is 31.7 Å². The van der Waals surface area contributed by atoms with Crippen LogP contribution in [0.1, 0.15) is 53.5 Å². The molecule has 1 spiro atoms. The topological polar surface area (TPSA) is 198 Å². The maximum absolute atomic E-state index is 13.2. The molecule has 2 aliphatic heterocycles. The van der Waals surface area contributed by atoms with Gasteiger partial charge >= 0.3 is 5.91 Å². The van der Waals surface area contributed by atoms with Crippen LogP contribution in [-0.2, 0) is 10.0 Å². The van der Waals surface area contributed by atoms with Crippen LogP contribution in [0, 0.1) is 0 Å². The van der Waals surface area contributed by atoms with Gasteiger partial charge in [-0.05, 0) is 37.5 Å². The third-order valence-electron chi connectivity index (χ3n) is 6.52. The molecule has 2 aromatic rings. The zero-order chi connectivity index (χ0) is 27.5. The standard InChI is InChI=1S/C23H30ClN9O4S/c1-2-3-9-28-38(36,37)15-6-4-5-14(12-15)21(35)33-10-7-23(8-11-33)13-27-22(32-23)31-20(34)16-18(25)30-19(26)17(24)29-16/h4-6,12,28H,2-3,7-11,13H2,1H3,(H4,25,26,30)(H2,27,31,32,34). The number of nitrogens with zero attached hydrogens (tertiary/aromatic N) is 4. The molecule has 13 nitrogen and oxygen atoms in total. The number of nitrogens with two attached hydrogens (primary N) is 2. The zero-order valence-electron chi connectivity index (χ0n) is 20.8. The van der Waals surface area contributed by atoms with Crippen LogP contribution in [0.3, 0.4) is 0 Å². The molecule has 7 N–H and O–H groups in total. The van der Waals surface area contributed by atoms with Crippen molar-refractivity contribution in [1.82, 2.24) is 30.2 Å². The van der Waals surface area contributed by atoms with Gasteiger partial charge in [-0.3, -0.25) is 9.59 Å². The zero-order valence-corrected chi connectivity index (χ0v) is 22.4.